The van der Waals surface area contributed by atoms with E-state index in [1.54, 1.807) is 6.92 Å². The Morgan fingerprint density at radius 3 is 2.76 bits per heavy atom. The second kappa shape index (κ2) is 5.26. The van der Waals surface area contributed by atoms with Crippen LogP contribution in [0, 0.1) is 18.3 Å². The Balaban J connectivity index is 2.07. The highest BCUT2D eigenvalue weighted by Gasteiger charge is 2.10. The zero-order valence-electron chi connectivity index (χ0n) is 9.11. The van der Waals surface area contributed by atoms with E-state index >= 15 is 0 Å². The van der Waals surface area contributed by atoms with Crippen LogP contribution in [0.25, 0.3) is 0 Å². The molecule has 17 heavy (non-hydrogen) atoms. The largest absolute Gasteiger partial charge is 0.433 e. The van der Waals surface area contributed by atoms with Crippen molar-refractivity contribution in [3.05, 3.63) is 46.4 Å². The average Bonchev–Trinajstić information content (AvgIpc) is 2.69. The van der Waals surface area contributed by atoms with Crippen LogP contribution in [0.3, 0.4) is 0 Å². The van der Waals surface area contributed by atoms with Crippen molar-refractivity contribution in [3.63, 3.8) is 0 Å². The minimum absolute atomic E-state index is 0.349. The maximum atomic E-state index is 8.86. The van der Waals surface area contributed by atoms with Crippen molar-refractivity contribution in [1.82, 2.24) is 4.98 Å². The summed E-state index contributed by atoms with van der Waals surface area (Å²) < 4.78 is 5.35. The summed E-state index contributed by atoms with van der Waals surface area (Å²) in [4.78, 5) is 3.99. The Bertz CT molecular complexity index is 557. The summed E-state index contributed by atoms with van der Waals surface area (Å²) in [5.41, 5.74) is 1.47. The zero-order valence-corrected chi connectivity index (χ0v) is 10.7. The molecule has 0 atom stereocenters. The number of nitrogens with zero attached hydrogens (tertiary/aromatic N) is 2. The Hall–Kier alpha value is -1.44. The first kappa shape index (κ1) is 12.0. The van der Waals surface area contributed by atoms with Crippen LogP contribution in [0.2, 0.25) is 5.02 Å². The molecule has 0 aliphatic rings. The molecule has 0 radical (unpaired) electrons. The monoisotopic (exact) mass is 264 g/mol. The van der Waals surface area contributed by atoms with Gasteiger partial charge in [-0.2, -0.15) is 5.26 Å². The number of benzene rings is 1. The molecule has 1 heterocycles. The average molecular weight is 265 g/mol. The molecule has 0 unspecified atom stereocenters. The third kappa shape index (κ3) is 3.02. The highest BCUT2D eigenvalue weighted by molar-refractivity contribution is 7.98. The first-order valence-corrected chi connectivity index (χ1v) is 6.30. The van der Waals surface area contributed by atoms with Crippen LogP contribution in [0.15, 0.2) is 33.8 Å². The van der Waals surface area contributed by atoms with Crippen LogP contribution in [0.1, 0.15) is 17.1 Å². The van der Waals surface area contributed by atoms with E-state index in [4.69, 9.17) is 21.3 Å². The Morgan fingerprint density at radius 1 is 1.41 bits per heavy atom. The third-order valence-corrected chi connectivity index (χ3v) is 3.36. The molecule has 5 heteroatoms. The lowest BCUT2D eigenvalue weighted by Gasteiger charge is -1.99. The minimum atomic E-state index is 0.349. The number of thioether (sulfide) groups is 1. The SMILES string of the molecule is Cc1nc(C#N)c(SCc2ccc(Cl)cc2)o1. The fourth-order valence-electron chi connectivity index (χ4n) is 1.31. The molecule has 0 bridgehead atoms. The van der Waals surface area contributed by atoms with E-state index < -0.39 is 0 Å². The zero-order chi connectivity index (χ0) is 12.3. The van der Waals surface area contributed by atoms with E-state index in [0.717, 1.165) is 11.3 Å². The summed E-state index contributed by atoms with van der Waals surface area (Å²) in [6.45, 7) is 1.73. The topological polar surface area (TPSA) is 49.8 Å². The number of aryl methyl sites for hydroxylation is 1. The van der Waals surface area contributed by atoms with Crippen LogP contribution >= 0.6 is 23.4 Å². The molecule has 0 N–H and O–H groups in total. The second-order valence-electron chi connectivity index (χ2n) is 3.40. The Kier molecular flexibility index (Phi) is 3.72. The van der Waals surface area contributed by atoms with E-state index in [-0.39, 0.29) is 0 Å². The summed E-state index contributed by atoms with van der Waals surface area (Å²) in [7, 11) is 0. The van der Waals surface area contributed by atoms with Crippen molar-refractivity contribution >= 4 is 23.4 Å². The van der Waals surface area contributed by atoms with E-state index in [0.29, 0.717) is 21.7 Å². The van der Waals surface area contributed by atoms with Crippen molar-refractivity contribution < 1.29 is 4.42 Å². The smallest absolute Gasteiger partial charge is 0.199 e. The van der Waals surface area contributed by atoms with Crippen LogP contribution in [-0.4, -0.2) is 4.98 Å². The van der Waals surface area contributed by atoms with Gasteiger partial charge in [0, 0.05) is 17.7 Å². The molecular formula is C12H9ClN2OS. The number of aromatic nitrogens is 1. The number of oxazole rings is 1. The van der Waals surface area contributed by atoms with Gasteiger partial charge in [-0.15, -0.1) is 0 Å². The van der Waals surface area contributed by atoms with Gasteiger partial charge in [0.1, 0.15) is 6.07 Å². The van der Waals surface area contributed by atoms with Crippen LogP contribution < -0.4 is 0 Å². The van der Waals surface area contributed by atoms with Gasteiger partial charge in [0.15, 0.2) is 16.7 Å². The molecule has 0 amide bonds. The van der Waals surface area contributed by atoms with Gasteiger partial charge >= 0.3 is 0 Å². The number of hydrogen-bond acceptors (Lipinski definition) is 4. The van der Waals surface area contributed by atoms with E-state index in [9.17, 15) is 0 Å². The van der Waals surface area contributed by atoms with Gasteiger partial charge in [-0.1, -0.05) is 35.5 Å². The van der Waals surface area contributed by atoms with Gasteiger partial charge in [0.05, 0.1) is 0 Å². The van der Waals surface area contributed by atoms with Crippen molar-refractivity contribution in [2.45, 2.75) is 17.8 Å². The molecule has 2 rings (SSSR count). The molecule has 0 aliphatic heterocycles. The maximum absolute atomic E-state index is 8.86. The van der Waals surface area contributed by atoms with Crippen LogP contribution in [-0.2, 0) is 5.75 Å². The van der Waals surface area contributed by atoms with Crippen LogP contribution in [0.5, 0.6) is 0 Å². The molecule has 1 aromatic carbocycles. The summed E-state index contributed by atoms with van der Waals surface area (Å²) in [6.07, 6.45) is 0. The Labute approximate surface area is 108 Å². The van der Waals surface area contributed by atoms with Gasteiger partial charge < -0.3 is 4.42 Å². The fraction of sp³-hybridized carbons (Fsp3) is 0.167. The first-order chi connectivity index (χ1) is 8.19. The van der Waals surface area contributed by atoms with E-state index in [1.807, 2.05) is 30.3 Å². The highest BCUT2D eigenvalue weighted by Crippen LogP contribution is 2.27. The number of rotatable bonds is 3. The third-order valence-electron chi connectivity index (χ3n) is 2.09. The molecule has 0 saturated carbocycles. The lowest BCUT2D eigenvalue weighted by atomic mass is 10.2. The predicted molar refractivity (Wildman–Crippen MR) is 67.0 cm³/mol. The quantitative estimate of drug-likeness (QED) is 0.791. The summed E-state index contributed by atoms with van der Waals surface area (Å²) in [6, 6.07) is 9.60. The molecule has 0 fully saturated rings. The standard InChI is InChI=1S/C12H9ClN2OS/c1-8-15-11(6-14)12(16-8)17-7-9-2-4-10(13)5-3-9/h2-5H,7H2,1H3. The molecule has 86 valence electrons. The maximum Gasteiger partial charge on any atom is 0.199 e. The van der Waals surface area contributed by atoms with Gasteiger partial charge in [0.2, 0.25) is 0 Å². The predicted octanol–water partition coefficient (Wildman–Crippen LogP) is 3.80. The normalized spacial score (nSPS) is 10.2. The van der Waals surface area contributed by atoms with E-state index in [2.05, 4.69) is 4.98 Å². The van der Waals surface area contributed by atoms with Crippen molar-refractivity contribution in [2.24, 2.45) is 0 Å². The summed E-state index contributed by atoms with van der Waals surface area (Å²) >= 11 is 7.26. The molecule has 1 aromatic heterocycles. The van der Waals surface area contributed by atoms with Gasteiger partial charge in [-0.3, -0.25) is 0 Å². The van der Waals surface area contributed by atoms with E-state index in [1.165, 1.54) is 11.8 Å². The van der Waals surface area contributed by atoms with Gasteiger partial charge in [-0.25, -0.2) is 4.98 Å². The lowest BCUT2D eigenvalue weighted by molar-refractivity contribution is 0.441. The summed E-state index contributed by atoms with van der Waals surface area (Å²) in [5, 5.41) is 10.1. The molecule has 2 aromatic rings. The number of hydrogen-bond donors (Lipinski definition) is 0. The van der Waals surface area contributed by atoms with Crippen molar-refractivity contribution in [2.75, 3.05) is 0 Å². The molecule has 3 nitrogen and oxygen atoms in total. The minimum Gasteiger partial charge on any atom is -0.433 e. The van der Waals surface area contributed by atoms with Crippen molar-refractivity contribution in [3.8, 4) is 6.07 Å². The number of halogens is 1. The van der Waals surface area contributed by atoms with Crippen LogP contribution in [0.4, 0.5) is 0 Å². The fourth-order valence-corrected chi connectivity index (χ4v) is 2.33. The van der Waals surface area contributed by atoms with Gasteiger partial charge in [0.25, 0.3) is 0 Å². The second-order valence-corrected chi connectivity index (χ2v) is 4.78. The molecular weight excluding hydrogens is 256 g/mol. The molecule has 0 saturated heterocycles. The highest BCUT2D eigenvalue weighted by atomic mass is 35.5. The Morgan fingerprint density at radius 2 is 2.12 bits per heavy atom. The lowest BCUT2D eigenvalue weighted by Crippen LogP contribution is -1.81. The number of nitriles is 1. The van der Waals surface area contributed by atoms with Gasteiger partial charge in [-0.05, 0) is 17.7 Å². The molecule has 0 spiro atoms. The summed E-state index contributed by atoms with van der Waals surface area (Å²) in [5.74, 6) is 1.24. The first-order valence-electron chi connectivity index (χ1n) is 4.94. The van der Waals surface area contributed by atoms with Crippen molar-refractivity contribution in [1.29, 1.82) is 5.26 Å². The molecule has 0 aliphatic carbocycles.